The van der Waals surface area contributed by atoms with Crippen molar-refractivity contribution in [3.8, 4) is 17.6 Å². The number of hydrogen-bond acceptors (Lipinski definition) is 9. The van der Waals surface area contributed by atoms with E-state index in [2.05, 4.69) is 17.2 Å². The van der Waals surface area contributed by atoms with Gasteiger partial charge in [0.1, 0.15) is 5.75 Å². The van der Waals surface area contributed by atoms with E-state index in [0.29, 0.717) is 17.7 Å². The molecule has 1 aromatic rings. The Morgan fingerprint density at radius 3 is 2.51 bits per heavy atom. The van der Waals surface area contributed by atoms with Gasteiger partial charge in [0.25, 0.3) is 0 Å². The predicted octanol–water partition coefficient (Wildman–Crippen LogP) is -1.56. The van der Waals surface area contributed by atoms with Gasteiger partial charge in [-0.2, -0.15) is 0 Å². The number of fused-ring (bicyclic) bond motifs is 3. The Labute approximate surface area is 201 Å². The molecule has 0 heterocycles. The third kappa shape index (κ3) is 3.50. The van der Waals surface area contributed by atoms with Gasteiger partial charge in [0.2, 0.25) is 5.91 Å². The van der Waals surface area contributed by atoms with Crippen LogP contribution in [0.4, 0.5) is 0 Å². The summed E-state index contributed by atoms with van der Waals surface area (Å²) in [5.74, 6) is -4.71. The smallest absolute Gasteiger partial charge is 0.235 e. The first-order chi connectivity index (χ1) is 16.5. The quantitative estimate of drug-likeness (QED) is 0.295. The normalized spacial score (nSPS) is 31.9. The van der Waals surface area contributed by atoms with E-state index >= 15 is 0 Å². The molecule has 0 bridgehead atoms. The first-order valence-corrected chi connectivity index (χ1v) is 11.3. The molecule has 10 nitrogen and oxygen atoms in total. The highest BCUT2D eigenvalue weighted by molar-refractivity contribution is 6.32. The van der Waals surface area contributed by atoms with E-state index in [1.54, 1.807) is 27.2 Å². The lowest BCUT2D eigenvalue weighted by Gasteiger charge is -2.52. The Morgan fingerprint density at radius 2 is 1.91 bits per heavy atom. The van der Waals surface area contributed by atoms with Crippen LogP contribution in [-0.4, -0.2) is 83.5 Å². The molecule has 0 radical (unpaired) electrons. The Balaban J connectivity index is 1.86. The fourth-order valence-electron chi connectivity index (χ4n) is 5.95. The maximum Gasteiger partial charge on any atom is 0.235 e. The minimum Gasteiger partial charge on any atom is -0.507 e. The number of phenolic OH excluding ortho intramolecular Hbond substituents is 1. The van der Waals surface area contributed by atoms with Crippen molar-refractivity contribution in [2.24, 2.45) is 29.4 Å². The molecule has 10 heteroatoms. The molecule has 0 aliphatic heterocycles. The number of amides is 1. The largest absolute Gasteiger partial charge is 0.507 e. The molecule has 0 saturated heterocycles. The molecule has 3 aliphatic carbocycles. The first-order valence-electron chi connectivity index (χ1n) is 11.3. The van der Waals surface area contributed by atoms with Crippen LogP contribution in [0.5, 0.6) is 5.75 Å². The highest BCUT2D eigenvalue weighted by Crippen LogP contribution is 2.50. The number of hydrogen-bond donors (Lipinski definition) is 4. The molecule has 2 saturated carbocycles. The van der Waals surface area contributed by atoms with Crippen LogP contribution in [0.25, 0.3) is 0 Å². The van der Waals surface area contributed by atoms with E-state index in [-0.39, 0.29) is 24.2 Å². The lowest BCUT2D eigenvalue weighted by molar-refractivity contribution is -0.181. The van der Waals surface area contributed by atoms with Crippen LogP contribution in [0.2, 0.25) is 0 Å². The third-order valence-corrected chi connectivity index (χ3v) is 7.43. The standard InChI is InChI=1S/C25H27N3O7/c1-27-8-4-5-11-6-7-15(29)17-13(11)9-12-10-14-19(28(2)3)21(31)18(24(26)34)23(33)25(14,35)22(32)16(12)20(17)30/h6-7,12,14,16,18-19,27,29,35H,8-10H2,1-3H3,(H2,26,34)/t12-,14-,16?,18?,19-,25-/m1/s1. The van der Waals surface area contributed by atoms with Crippen LogP contribution < -0.4 is 11.1 Å². The summed E-state index contributed by atoms with van der Waals surface area (Å²) in [5, 5.41) is 24.9. The van der Waals surface area contributed by atoms with Crippen molar-refractivity contribution in [2.45, 2.75) is 24.5 Å². The molecule has 0 spiro atoms. The summed E-state index contributed by atoms with van der Waals surface area (Å²) in [6.45, 7) is 0.402. The average molecular weight is 482 g/mol. The van der Waals surface area contributed by atoms with Crippen LogP contribution in [0.15, 0.2) is 12.1 Å². The minimum atomic E-state index is -2.73. The van der Waals surface area contributed by atoms with Gasteiger partial charge in [-0.25, -0.2) is 0 Å². The monoisotopic (exact) mass is 481 g/mol. The van der Waals surface area contributed by atoms with Gasteiger partial charge in [-0.1, -0.05) is 11.8 Å². The molecule has 1 aromatic carbocycles. The van der Waals surface area contributed by atoms with E-state index in [0.717, 1.165) is 0 Å². The van der Waals surface area contributed by atoms with Gasteiger partial charge in [-0.15, -0.1) is 0 Å². The van der Waals surface area contributed by atoms with E-state index in [1.165, 1.54) is 11.0 Å². The number of aromatic hydroxyl groups is 1. The minimum absolute atomic E-state index is 0.00291. The van der Waals surface area contributed by atoms with Gasteiger partial charge >= 0.3 is 0 Å². The van der Waals surface area contributed by atoms with Crippen LogP contribution in [0.3, 0.4) is 0 Å². The number of phenols is 1. The molecule has 2 fully saturated rings. The summed E-state index contributed by atoms with van der Waals surface area (Å²) in [5.41, 5.74) is 3.54. The van der Waals surface area contributed by atoms with Crippen molar-refractivity contribution >= 4 is 29.0 Å². The maximum atomic E-state index is 13.7. The van der Waals surface area contributed by atoms with Gasteiger partial charge < -0.3 is 21.3 Å². The molecule has 2 unspecified atom stereocenters. The lowest BCUT2D eigenvalue weighted by atomic mass is 9.52. The summed E-state index contributed by atoms with van der Waals surface area (Å²) >= 11 is 0. The highest BCUT2D eigenvalue weighted by atomic mass is 16.3. The zero-order valence-corrected chi connectivity index (χ0v) is 19.6. The van der Waals surface area contributed by atoms with Crippen LogP contribution in [0, 0.1) is 35.5 Å². The van der Waals surface area contributed by atoms with Crippen LogP contribution in [0.1, 0.15) is 27.9 Å². The van der Waals surface area contributed by atoms with Crippen molar-refractivity contribution < 1.29 is 34.2 Å². The summed E-state index contributed by atoms with van der Waals surface area (Å²) < 4.78 is 0. The molecular weight excluding hydrogens is 454 g/mol. The molecule has 4 rings (SSSR count). The van der Waals surface area contributed by atoms with Crippen molar-refractivity contribution in [3.05, 3.63) is 28.8 Å². The molecule has 3 aliphatic rings. The highest BCUT2D eigenvalue weighted by Gasteiger charge is 2.69. The third-order valence-electron chi connectivity index (χ3n) is 7.43. The van der Waals surface area contributed by atoms with Gasteiger partial charge in [-0.3, -0.25) is 28.9 Å². The van der Waals surface area contributed by atoms with Gasteiger partial charge in [0.05, 0.1) is 24.1 Å². The fraction of sp³-hybridized carbons (Fsp3) is 0.480. The fourth-order valence-corrected chi connectivity index (χ4v) is 5.95. The molecule has 6 atom stereocenters. The van der Waals surface area contributed by atoms with Crippen LogP contribution >= 0.6 is 0 Å². The molecule has 0 aromatic heterocycles. The summed E-state index contributed by atoms with van der Waals surface area (Å²) in [6.07, 6.45) is 0.187. The molecule has 1 amide bonds. The van der Waals surface area contributed by atoms with Gasteiger partial charge in [-0.05, 0) is 57.6 Å². The number of ketones is 4. The Kier molecular flexibility index (Phi) is 6.13. The number of nitrogens with two attached hydrogens (primary N) is 1. The summed E-state index contributed by atoms with van der Waals surface area (Å²) in [4.78, 5) is 67.0. The van der Waals surface area contributed by atoms with Gasteiger partial charge in [0, 0.05) is 11.5 Å². The average Bonchev–Trinajstić information content (AvgIpc) is 2.77. The van der Waals surface area contributed by atoms with Gasteiger partial charge in [0.15, 0.2) is 34.7 Å². The molecule has 184 valence electrons. The second-order valence-corrected chi connectivity index (χ2v) is 9.61. The molecule has 5 N–H and O–H groups in total. The Hall–Kier alpha value is -3.39. The van der Waals surface area contributed by atoms with Crippen molar-refractivity contribution in [1.82, 2.24) is 10.2 Å². The number of likely N-dealkylation sites (N-methyl/N-ethyl adjacent to an activating group) is 1. The number of carbonyl (C=O) groups is 5. The number of carbonyl (C=O) groups excluding carboxylic acids is 5. The lowest BCUT2D eigenvalue weighted by Crippen LogP contribution is -2.74. The summed E-state index contributed by atoms with van der Waals surface area (Å²) in [6, 6.07) is 1.79. The van der Waals surface area contributed by atoms with E-state index in [1.807, 2.05) is 0 Å². The van der Waals surface area contributed by atoms with Crippen molar-refractivity contribution in [2.75, 3.05) is 27.7 Å². The zero-order valence-electron chi connectivity index (χ0n) is 19.6. The van der Waals surface area contributed by atoms with Crippen molar-refractivity contribution in [3.63, 3.8) is 0 Å². The zero-order chi connectivity index (χ0) is 25.8. The second-order valence-electron chi connectivity index (χ2n) is 9.61. The SMILES string of the molecule is CNCC#Cc1ccc(O)c2c1C[C@@H]1C[C@@H]3[C@@H](N(C)C)C(=O)C(C(N)=O)C(=O)[C@]3(O)C(=O)C1C2=O. The van der Waals surface area contributed by atoms with Crippen molar-refractivity contribution in [1.29, 1.82) is 0 Å². The Morgan fingerprint density at radius 1 is 1.23 bits per heavy atom. The number of primary amides is 1. The van der Waals surface area contributed by atoms with E-state index < -0.39 is 64.4 Å². The number of Topliss-reactive ketones (excluding diaryl/α,β-unsaturated/α-hetero) is 4. The van der Waals surface area contributed by atoms with E-state index in [9.17, 15) is 34.2 Å². The number of benzene rings is 1. The maximum absolute atomic E-state index is 13.7. The number of aliphatic hydroxyl groups is 1. The first kappa shape index (κ1) is 24.7. The Bertz CT molecular complexity index is 1230. The molecular formula is C25H27N3O7. The second kappa shape index (κ2) is 8.68. The number of nitrogens with zero attached hydrogens (tertiary/aromatic N) is 1. The number of rotatable bonds is 3. The number of nitrogens with one attached hydrogen (secondary N) is 1. The van der Waals surface area contributed by atoms with E-state index in [4.69, 9.17) is 5.73 Å². The predicted molar refractivity (Wildman–Crippen MR) is 122 cm³/mol. The molecule has 35 heavy (non-hydrogen) atoms. The summed E-state index contributed by atoms with van der Waals surface area (Å²) in [7, 11) is 4.82. The topological polar surface area (TPSA) is 167 Å². The van der Waals surface area contributed by atoms with Crippen LogP contribution in [-0.2, 0) is 25.6 Å².